The van der Waals surface area contributed by atoms with Crippen molar-refractivity contribution in [3.05, 3.63) is 35.8 Å². The number of piperazine rings is 1. The minimum absolute atomic E-state index is 0.0249. The number of amides is 1. The van der Waals surface area contributed by atoms with Crippen molar-refractivity contribution >= 4 is 11.6 Å². The molecule has 7 heteroatoms. The predicted octanol–water partition coefficient (Wildman–Crippen LogP) is 0.0754. The molecule has 0 radical (unpaired) electrons. The van der Waals surface area contributed by atoms with Crippen LogP contribution in [0.1, 0.15) is 16.1 Å². The second-order valence-corrected chi connectivity index (χ2v) is 7.28. The van der Waals surface area contributed by atoms with E-state index in [0.717, 1.165) is 37.4 Å². The first-order valence-electron chi connectivity index (χ1n) is 8.86. The van der Waals surface area contributed by atoms with Gasteiger partial charge in [0.15, 0.2) is 0 Å². The molecule has 4 heterocycles. The average molecular weight is 343 g/mol. The van der Waals surface area contributed by atoms with E-state index in [-0.39, 0.29) is 11.9 Å². The Labute approximate surface area is 147 Å². The molecule has 134 valence electrons. The third kappa shape index (κ3) is 3.15. The Kier molecular flexibility index (Phi) is 4.23. The SMILES string of the molecule is Cc1ccc2nc(C(=O)N3C[C@@H](O)[C@H](N4CCN(C)CC4)C3)cn2c1. The summed E-state index contributed by atoms with van der Waals surface area (Å²) in [6.45, 7) is 6.84. The maximum absolute atomic E-state index is 12.8. The van der Waals surface area contributed by atoms with Gasteiger partial charge in [0, 0.05) is 51.7 Å². The zero-order chi connectivity index (χ0) is 17.6. The summed E-state index contributed by atoms with van der Waals surface area (Å²) in [5.41, 5.74) is 2.33. The van der Waals surface area contributed by atoms with Crippen molar-refractivity contribution in [2.75, 3.05) is 46.3 Å². The van der Waals surface area contributed by atoms with Crippen LogP contribution in [0.2, 0.25) is 0 Å². The van der Waals surface area contributed by atoms with E-state index >= 15 is 0 Å². The number of nitrogens with zero attached hydrogens (tertiary/aromatic N) is 5. The number of aliphatic hydroxyl groups excluding tert-OH is 1. The molecule has 1 amide bonds. The summed E-state index contributed by atoms with van der Waals surface area (Å²) in [4.78, 5) is 23.6. The summed E-state index contributed by atoms with van der Waals surface area (Å²) >= 11 is 0. The number of imidazole rings is 1. The summed E-state index contributed by atoms with van der Waals surface area (Å²) in [5.74, 6) is -0.1000. The van der Waals surface area contributed by atoms with Gasteiger partial charge in [0.25, 0.3) is 5.91 Å². The van der Waals surface area contributed by atoms with Crippen molar-refractivity contribution in [3.63, 3.8) is 0 Å². The second kappa shape index (κ2) is 6.40. The Morgan fingerprint density at radius 3 is 2.68 bits per heavy atom. The van der Waals surface area contributed by atoms with Gasteiger partial charge in [-0.25, -0.2) is 4.98 Å². The molecular weight excluding hydrogens is 318 g/mol. The molecule has 0 bridgehead atoms. The van der Waals surface area contributed by atoms with Gasteiger partial charge >= 0.3 is 0 Å². The van der Waals surface area contributed by atoms with Gasteiger partial charge < -0.3 is 19.3 Å². The van der Waals surface area contributed by atoms with Crippen molar-refractivity contribution in [3.8, 4) is 0 Å². The lowest BCUT2D eigenvalue weighted by molar-refractivity contribution is 0.0512. The molecule has 0 aliphatic carbocycles. The number of fused-ring (bicyclic) bond motifs is 1. The van der Waals surface area contributed by atoms with Gasteiger partial charge in [0.05, 0.1) is 12.1 Å². The molecule has 2 aromatic heterocycles. The Hall–Kier alpha value is -1.96. The first-order valence-corrected chi connectivity index (χ1v) is 8.86. The standard InChI is InChI=1S/C18H25N5O2/c1-13-3-4-17-19-14(10-22(17)9-13)18(25)23-11-15(16(24)12-23)21-7-5-20(2)6-8-21/h3-4,9-10,15-16,24H,5-8,11-12H2,1-2H3/t15-,16-/m1/s1. The van der Waals surface area contributed by atoms with Crippen LogP contribution in [0.3, 0.4) is 0 Å². The van der Waals surface area contributed by atoms with Gasteiger partial charge in [-0.1, -0.05) is 6.07 Å². The van der Waals surface area contributed by atoms with E-state index in [9.17, 15) is 9.90 Å². The highest BCUT2D eigenvalue weighted by Gasteiger charge is 2.39. The minimum Gasteiger partial charge on any atom is -0.390 e. The number of carbonyl (C=O) groups is 1. The van der Waals surface area contributed by atoms with E-state index in [1.54, 1.807) is 11.1 Å². The fraction of sp³-hybridized carbons (Fsp3) is 0.556. The first-order chi connectivity index (χ1) is 12.0. The third-order valence-electron chi connectivity index (χ3n) is 5.37. The number of aromatic nitrogens is 2. The highest BCUT2D eigenvalue weighted by atomic mass is 16.3. The molecule has 2 saturated heterocycles. The number of β-amino-alcohol motifs (C(OH)–C–C–N with tert-alkyl or cyclic N) is 1. The maximum Gasteiger partial charge on any atom is 0.274 e. The number of likely N-dealkylation sites (tertiary alicyclic amines) is 1. The molecule has 2 aliphatic heterocycles. The first kappa shape index (κ1) is 16.5. The van der Waals surface area contributed by atoms with Crippen molar-refractivity contribution in [1.29, 1.82) is 0 Å². The van der Waals surface area contributed by atoms with E-state index in [1.807, 2.05) is 29.7 Å². The minimum atomic E-state index is -0.494. The van der Waals surface area contributed by atoms with Crippen LogP contribution in [0.5, 0.6) is 0 Å². The van der Waals surface area contributed by atoms with Crippen LogP contribution in [0.4, 0.5) is 0 Å². The molecule has 2 atom stereocenters. The van der Waals surface area contributed by atoms with Gasteiger partial charge in [0.2, 0.25) is 0 Å². The molecule has 2 aromatic rings. The number of hydrogen-bond donors (Lipinski definition) is 1. The lowest BCUT2D eigenvalue weighted by atomic mass is 10.1. The summed E-state index contributed by atoms with van der Waals surface area (Å²) in [7, 11) is 2.11. The monoisotopic (exact) mass is 343 g/mol. The highest BCUT2D eigenvalue weighted by molar-refractivity contribution is 5.93. The number of hydrogen-bond acceptors (Lipinski definition) is 5. The van der Waals surface area contributed by atoms with E-state index < -0.39 is 6.10 Å². The number of likely N-dealkylation sites (N-methyl/N-ethyl adjacent to an activating group) is 1. The van der Waals surface area contributed by atoms with Crippen molar-refractivity contribution in [1.82, 2.24) is 24.1 Å². The summed E-state index contributed by atoms with van der Waals surface area (Å²) in [6.07, 6.45) is 3.25. The van der Waals surface area contributed by atoms with Crippen LogP contribution in [-0.2, 0) is 0 Å². The van der Waals surface area contributed by atoms with Crippen molar-refractivity contribution in [2.45, 2.75) is 19.1 Å². The predicted molar refractivity (Wildman–Crippen MR) is 94.7 cm³/mol. The van der Waals surface area contributed by atoms with E-state index in [4.69, 9.17) is 0 Å². The molecule has 2 aliphatic rings. The zero-order valence-corrected chi connectivity index (χ0v) is 14.8. The molecular formula is C18H25N5O2. The van der Waals surface area contributed by atoms with Crippen LogP contribution in [-0.4, -0.2) is 93.6 Å². The number of carbonyl (C=O) groups excluding carboxylic acids is 1. The van der Waals surface area contributed by atoms with Crippen molar-refractivity contribution < 1.29 is 9.90 Å². The van der Waals surface area contributed by atoms with E-state index in [1.165, 1.54) is 0 Å². The lowest BCUT2D eigenvalue weighted by Gasteiger charge is -2.37. The number of pyridine rings is 1. The average Bonchev–Trinajstić information content (AvgIpc) is 3.18. The topological polar surface area (TPSA) is 64.3 Å². The maximum atomic E-state index is 12.8. The lowest BCUT2D eigenvalue weighted by Crippen LogP contribution is -2.52. The number of rotatable bonds is 2. The largest absolute Gasteiger partial charge is 0.390 e. The van der Waals surface area contributed by atoms with Crippen LogP contribution in [0, 0.1) is 6.92 Å². The van der Waals surface area contributed by atoms with E-state index in [2.05, 4.69) is 21.8 Å². The molecule has 7 nitrogen and oxygen atoms in total. The Balaban J connectivity index is 1.48. The van der Waals surface area contributed by atoms with Crippen molar-refractivity contribution in [2.24, 2.45) is 0 Å². The Morgan fingerprint density at radius 1 is 1.16 bits per heavy atom. The van der Waals surface area contributed by atoms with Crippen LogP contribution >= 0.6 is 0 Å². The molecule has 25 heavy (non-hydrogen) atoms. The van der Waals surface area contributed by atoms with Gasteiger partial charge in [-0.05, 0) is 25.6 Å². The summed E-state index contributed by atoms with van der Waals surface area (Å²) in [5, 5.41) is 10.5. The van der Waals surface area contributed by atoms with Gasteiger partial charge in [-0.3, -0.25) is 9.69 Å². The van der Waals surface area contributed by atoms with Gasteiger partial charge in [-0.2, -0.15) is 0 Å². The molecule has 2 fully saturated rings. The second-order valence-electron chi connectivity index (χ2n) is 7.28. The number of aryl methyl sites for hydroxylation is 1. The quantitative estimate of drug-likeness (QED) is 0.836. The van der Waals surface area contributed by atoms with Crippen LogP contribution in [0.25, 0.3) is 5.65 Å². The molecule has 1 N–H and O–H groups in total. The molecule has 0 aromatic carbocycles. The normalized spacial score (nSPS) is 25.8. The highest BCUT2D eigenvalue weighted by Crippen LogP contribution is 2.20. The molecule has 0 saturated carbocycles. The van der Waals surface area contributed by atoms with Gasteiger partial charge in [0.1, 0.15) is 11.3 Å². The fourth-order valence-corrected chi connectivity index (χ4v) is 3.82. The number of aliphatic hydroxyl groups is 1. The van der Waals surface area contributed by atoms with Crippen LogP contribution < -0.4 is 0 Å². The Bertz CT molecular complexity index is 781. The molecule has 0 unspecified atom stereocenters. The molecule has 0 spiro atoms. The smallest absolute Gasteiger partial charge is 0.274 e. The summed E-state index contributed by atoms with van der Waals surface area (Å²) < 4.78 is 1.88. The van der Waals surface area contributed by atoms with Crippen LogP contribution in [0.15, 0.2) is 24.5 Å². The zero-order valence-electron chi connectivity index (χ0n) is 14.8. The van der Waals surface area contributed by atoms with Gasteiger partial charge in [-0.15, -0.1) is 0 Å². The fourth-order valence-electron chi connectivity index (χ4n) is 3.82. The Morgan fingerprint density at radius 2 is 1.92 bits per heavy atom. The third-order valence-corrected chi connectivity index (χ3v) is 5.37. The summed E-state index contributed by atoms with van der Waals surface area (Å²) in [6, 6.07) is 3.93. The molecule has 4 rings (SSSR count). The van der Waals surface area contributed by atoms with E-state index in [0.29, 0.717) is 18.8 Å².